The predicted molar refractivity (Wildman–Crippen MR) is 85.3 cm³/mol. The standard InChI is InChI=1S/C17H16FN3.CO2/c1-2-14-11-17(16-9-5-6-10-19-16)20-21(14)12-13-7-3-4-8-15(13)18;2-1-3/h3-11H,2,12H2,1H3;. The zero-order valence-electron chi connectivity index (χ0n) is 13.1. The number of pyridine rings is 1. The molecule has 0 aliphatic rings. The summed E-state index contributed by atoms with van der Waals surface area (Å²) in [4.78, 5) is 20.6. The van der Waals surface area contributed by atoms with Crippen LogP contribution < -0.4 is 0 Å². The van der Waals surface area contributed by atoms with Crippen molar-refractivity contribution in [3.05, 3.63) is 71.8 Å². The van der Waals surface area contributed by atoms with E-state index in [0.717, 1.165) is 23.5 Å². The van der Waals surface area contributed by atoms with E-state index in [0.29, 0.717) is 12.1 Å². The Morgan fingerprint density at radius 2 is 1.79 bits per heavy atom. The van der Waals surface area contributed by atoms with Crippen LogP contribution in [0, 0.1) is 5.82 Å². The first-order valence-corrected chi connectivity index (χ1v) is 7.40. The third kappa shape index (κ3) is 4.21. The molecule has 2 heterocycles. The minimum Gasteiger partial charge on any atom is -0.264 e. The van der Waals surface area contributed by atoms with Gasteiger partial charge in [-0.2, -0.15) is 14.7 Å². The van der Waals surface area contributed by atoms with E-state index in [4.69, 9.17) is 9.59 Å². The summed E-state index contributed by atoms with van der Waals surface area (Å²) in [5, 5.41) is 4.58. The van der Waals surface area contributed by atoms with Gasteiger partial charge in [-0.25, -0.2) is 4.39 Å². The van der Waals surface area contributed by atoms with Crippen molar-refractivity contribution in [3.8, 4) is 11.4 Å². The highest BCUT2D eigenvalue weighted by Gasteiger charge is 2.11. The van der Waals surface area contributed by atoms with E-state index in [1.165, 1.54) is 6.07 Å². The average Bonchev–Trinajstić information content (AvgIpc) is 3.01. The summed E-state index contributed by atoms with van der Waals surface area (Å²) in [6, 6.07) is 14.6. The molecule has 0 saturated carbocycles. The number of nitrogens with zero attached hydrogens (tertiary/aromatic N) is 3. The molecule has 0 fully saturated rings. The quantitative estimate of drug-likeness (QED) is 0.739. The maximum Gasteiger partial charge on any atom is 0.373 e. The van der Waals surface area contributed by atoms with Crippen LogP contribution in [0.1, 0.15) is 18.2 Å². The van der Waals surface area contributed by atoms with Gasteiger partial charge in [0.15, 0.2) is 0 Å². The Hall–Kier alpha value is -3.11. The maximum absolute atomic E-state index is 13.8. The second kappa shape index (κ2) is 8.50. The van der Waals surface area contributed by atoms with Crippen molar-refractivity contribution in [3.63, 3.8) is 0 Å². The Labute approximate surface area is 138 Å². The smallest absolute Gasteiger partial charge is 0.264 e. The lowest BCUT2D eigenvalue weighted by atomic mass is 10.2. The van der Waals surface area contributed by atoms with Crippen molar-refractivity contribution in [2.24, 2.45) is 0 Å². The molecule has 1 aromatic carbocycles. The number of benzene rings is 1. The van der Waals surface area contributed by atoms with E-state index in [-0.39, 0.29) is 12.0 Å². The van der Waals surface area contributed by atoms with Crippen molar-refractivity contribution < 1.29 is 14.0 Å². The van der Waals surface area contributed by atoms with Gasteiger partial charge in [0.25, 0.3) is 0 Å². The number of carbonyl (C=O) groups excluding carboxylic acids is 2. The van der Waals surface area contributed by atoms with Crippen LogP contribution in [-0.4, -0.2) is 20.9 Å². The second-order valence-electron chi connectivity index (χ2n) is 4.92. The molecule has 24 heavy (non-hydrogen) atoms. The van der Waals surface area contributed by atoms with E-state index >= 15 is 0 Å². The number of aryl methyl sites for hydroxylation is 1. The van der Waals surface area contributed by atoms with Crippen LogP contribution in [0.5, 0.6) is 0 Å². The van der Waals surface area contributed by atoms with Crippen LogP contribution >= 0.6 is 0 Å². The number of hydrogen-bond donors (Lipinski definition) is 0. The molecule has 0 radical (unpaired) electrons. The summed E-state index contributed by atoms with van der Waals surface area (Å²) in [5.41, 5.74) is 3.37. The molecule has 3 rings (SSSR count). The molecular weight excluding hydrogens is 309 g/mol. The summed E-state index contributed by atoms with van der Waals surface area (Å²) in [7, 11) is 0. The highest BCUT2D eigenvalue weighted by Crippen LogP contribution is 2.18. The van der Waals surface area contributed by atoms with E-state index < -0.39 is 0 Å². The number of aromatic nitrogens is 3. The van der Waals surface area contributed by atoms with Gasteiger partial charge in [0.05, 0.1) is 12.2 Å². The van der Waals surface area contributed by atoms with E-state index in [1.807, 2.05) is 35.0 Å². The fourth-order valence-electron chi connectivity index (χ4n) is 2.30. The first-order chi connectivity index (χ1) is 11.7. The van der Waals surface area contributed by atoms with Gasteiger partial charge in [-0.15, -0.1) is 0 Å². The third-order valence-corrected chi connectivity index (χ3v) is 3.43. The molecule has 0 unspecified atom stereocenters. The number of hydrogen-bond acceptors (Lipinski definition) is 4. The van der Waals surface area contributed by atoms with Crippen LogP contribution in [0.3, 0.4) is 0 Å². The van der Waals surface area contributed by atoms with E-state index in [2.05, 4.69) is 17.0 Å². The van der Waals surface area contributed by atoms with Gasteiger partial charge in [-0.05, 0) is 30.7 Å². The Bertz CT molecular complexity index is 825. The molecular formula is C18H16FN3O2. The highest BCUT2D eigenvalue weighted by atomic mass is 19.1. The van der Waals surface area contributed by atoms with Crippen molar-refractivity contribution in [1.82, 2.24) is 14.8 Å². The lowest BCUT2D eigenvalue weighted by molar-refractivity contribution is -0.191. The largest absolute Gasteiger partial charge is 0.373 e. The van der Waals surface area contributed by atoms with Crippen molar-refractivity contribution >= 4 is 6.15 Å². The highest BCUT2D eigenvalue weighted by molar-refractivity contribution is 5.54. The van der Waals surface area contributed by atoms with Crippen LogP contribution in [-0.2, 0) is 22.6 Å². The van der Waals surface area contributed by atoms with Gasteiger partial charge in [0, 0.05) is 17.5 Å². The second-order valence-corrected chi connectivity index (χ2v) is 4.92. The van der Waals surface area contributed by atoms with Crippen LogP contribution in [0.2, 0.25) is 0 Å². The summed E-state index contributed by atoms with van der Waals surface area (Å²) in [6.45, 7) is 2.50. The lowest BCUT2D eigenvalue weighted by Gasteiger charge is -2.06. The molecule has 0 spiro atoms. The molecule has 5 nitrogen and oxygen atoms in total. The Morgan fingerprint density at radius 3 is 2.42 bits per heavy atom. The topological polar surface area (TPSA) is 64.8 Å². The summed E-state index contributed by atoms with van der Waals surface area (Å²) in [6.07, 6.45) is 2.84. The maximum atomic E-state index is 13.8. The minimum absolute atomic E-state index is 0.200. The van der Waals surface area contributed by atoms with Crippen LogP contribution in [0.25, 0.3) is 11.4 Å². The molecule has 0 N–H and O–H groups in total. The third-order valence-electron chi connectivity index (χ3n) is 3.43. The SMILES string of the molecule is CCc1cc(-c2ccccn2)nn1Cc1ccccc1F.O=C=O. The first kappa shape index (κ1) is 17.2. The predicted octanol–water partition coefficient (Wildman–Crippen LogP) is 3.11. The molecule has 2 aromatic heterocycles. The van der Waals surface area contributed by atoms with E-state index in [9.17, 15) is 4.39 Å². The Balaban J connectivity index is 0.000000647. The first-order valence-electron chi connectivity index (χ1n) is 7.40. The molecule has 0 atom stereocenters. The molecule has 0 aliphatic heterocycles. The average molecular weight is 325 g/mol. The van der Waals surface area contributed by atoms with Crippen LogP contribution in [0.15, 0.2) is 54.7 Å². The molecule has 6 heteroatoms. The van der Waals surface area contributed by atoms with Crippen molar-refractivity contribution in [2.45, 2.75) is 19.9 Å². The fourth-order valence-corrected chi connectivity index (χ4v) is 2.30. The molecule has 0 aliphatic carbocycles. The normalized spacial score (nSPS) is 9.75. The van der Waals surface area contributed by atoms with Crippen molar-refractivity contribution in [2.75, 3.05) is 0 Å². The van der Waals surface area contributed by atoms with Crippen molar-refractivity contribution in [1.29, 1.82) is 0 Å². The summed E-state index contributed by atoms with van der Waals surface area (Å²) in [5.74, 6) is -0.200. The van der Waals surface area contributed by atoms with Gasteiger partial charge in [0.2, 0.25) is 0 Å². The minimum atomic E-state index is -0.200. The molecule has 0 saturated heterocycles. The van der Waals surface area contributed by atoms with Gasteiger partial charge in [-0.3, -0.25) is 9.67 Å². The zero-order chi connectivity index (χ0) is 17.4. The summed E-state index contributed by atoms with van der Waals surface area (Å²) < 4.78 is 15.6. The molecule has 0 bridgehead atoms. The number of rotatable bonds is 4. The van der Waals surface area contributed by atoms with Gasteiger partial charge in [-0.1, -0.05) is 31.2 Å². The van der Waals surface area contributed by atoms with Gasteiger partial charge >= 0.3 is 6.15 Å². The number of halogens is 1. The zero-order valence-corrected chi connectivity index (χ0v) is 13.1. The molecule has 0 amide bonds. The molecule has 122 valence electrons. The van der Waals surface area contributed by atoms with E-state index in [1.54, 1.807) is 18.3 Å². The van der Waals surface area contributed by atoms with Gasteiger partial charge in [0.1, 0.15) is 11.5 Å². The fraction of sp³-hybridized carbons (Fsp3) is 0.167. The van der Waals surface area contributed by atoms with Crippen LogP contribution in [0.4, 0.5) is 4.39 Å². The summed E-state index contributed by atoms with van der Waals surface area (Å²) >= 11 is 0. The monoisotopic (exact) mass is 325 g/mol. The Kier molecular flexibility index (Phi) is 6.11. The Morgan fingerprint density at radius 1 is 1.08 bits per heavy atom. The molecule has 3 aromatic rings. The lowest BCUT2D eigenvalue weighted by Crippen LogP contribution is -2.07. The van der Waals surface area contributed by atoms with Gasteiger partial charge < -0.3 is 0 Å².